The topological polar surface area (TPSA) is 76.5 Å². The molecule has 0 atom stereocenters. The van der Waals surface area contributed by atoms with E-state index in [4.69, 9.17) is 4.74 Å². The first-order valence-corrected chi connectivity index (χ1v) is 11.4. The molecule has 1 aromatic heterocycles. The van der Waals surface area contributed by atoms with Crippen molar-refractivity contribution in [3.8, 4) is 0 Å². The number of hydrogen-bond donors (Lipinski definition) is 1. The van der Waals surface area contributed by atoms with Gasteiger partial charge in [-0.05, 0) is 24.5 Å². The summed E-state index contributed by atoms with van der Waals surface area (Å²) >= 11 is 1.14. The lowest BCUT2D eigenvalue weighted by Gasteiger charge is -2.21. The third-order valence-corrected chi connectivity index (χ3v) is 5.52. The highest BCUT2D eigenvalue weighted by molar-refractivity contribution is 7.97. The van der Waals surface area contributed by atoms with Crippen LogP contribution < -0.4 is 5.32 Å². The molecule has 0 aliphatic rings. The summed E-state index contributed by atoms with van der Waals surface area (Å²) in [5.74, 6) is -0.456. The highest BCUT2D eigenvalue weighted by Crippen LogP contribution is 2.28. The Labute approximate surface area is 192 Å². The Bertz CT molecular complexity index is 1010. The molecule has 3 aromatic rings. The Morgan fingerprint density at radius 3 is 2.31 bits per heavy atom. The van der Waals surface area contributed by atoms with Gasteiger partial charge in [-0.3, -0.25) is 8.99 Å². The first kappa shape index (κ1) is 23.4. The van der Waals surface area contributed by atoms with Crippen LogP contribution in [0.4, 0.5) is 4.79 Å². The van der Waals surface area contributed by atoms with E-state index in [1.807, 2.05) is 67.6 Å². The van der Waals surface area contributed by atoms with E-state index in [1.165, 1.54) is 0 Å². The summed E-state index contributed by atoms with van der Waals surface area (Å²) in [6.07, 6.45) is 2.51. The summed E-state index contributed by atoms with van der Waals surface area (Å²) in [5, 5.41) is 7.95. The number of urea groups is 1. The van der Waals surface area contributed by atoms with E-state index >= 15 is 0 Å². The Kier molecular flexibility index (Phi) is 8.74. The fraction of sp³-hybridized carbons (Fsp3) is 0.292. The molecule has 0 aliphatic carbocycles. The van der Waals surface area contributed by atoms with Gasteiger partial charge in [0.1, 0.15) is 5.56 Å². The maximum absolute atomic E-state index is 12.9. The Balaban J connectivity index is 1.88. The lowest BCUT2D eigenvalue weighted by atomic mass is 10.2. The van der Waals surface area contributed by atoms with Crippen molar-refractivity contribution in [2.24, 2.45) is 0 Å². The van der Waals surface area contributed by atoms with Crippen LogP contribution in [-0.4, -0.2) is 39.2 Å². The molecule has 8 heteroatoms. The van der Waals surface area contributed by atoms with Gasteiger partial charge in [-0.1, -0.05) is 67.6 Å². The molecule has 0 unspecified atom stereocenters. The Morgan fingerprint density at radius 1 is 1.03 bits per heavy atom. The third-order valence-electron chi connectivity index (χ3n) is 4.53. The number of benzene rings is 2. The average molecular weight is 453 g/mol. The molecule has 2 amide bonds. The molecule has 0 spiro atoms. The van der Waals surface area contributed by atoms with Crippen molar-refractivity contribution in [2.75, 3.05) is 13.2 Å². The number of rotatable bonds is 10. The lowest BCUT2D eigenvalue weighted by Crippen LogP contribution is -2.35. The molecule has 1 N–H and O–H groups in total. The van der Waals surface area contributed by atoms with Gasteiger partial charge in [-0.15, -0.1) is 0 Å². The molecular weight excluding hydrogens is 424 g/mol. The van der Waals surface area contributed by atoms with Gasteiger partial charge in [0, 0.05) is 24.7 Å². The maximum atomic E-state index is 12.9. The normalized spacial score (nSPS) is 10.6. The number of nitrogens with one attached hydrogen (secondary N) is 1. The number of amides is 2. The summed E-state index contributed by atoms with van der Waals surface area (Å²) in [6.45, 7) is 5.47. The fourth-order valence-corrected chi connectivity index (χ4v) is 3.94. The van der Waals surface area contributed by atoms with Gasteiger partial charge in [0.05, 0.1) is 19.7 Å². The summed E-state index contributed by atoms with van der Waals surface area (Å²) in [4.78, 5) is 25.5. The maximum Gasteiger partial charge on any atom is 0.342 e. The predicted molar refractivity (Wildman–Crippen MR) is 125 cm³/mol. The third kappa shape index (κ3) is 6.62. The molecule has 0 aliphatic heterocycles. The van der Waals surface area contributed by atoms with E-state index in [0.29, 0.717) is 30.2 Å². The zero-order valence-corrected chi connectivity index (χ0v) is 19.2. The molecule has 168 valence electrons. The molecular formula is C24H28N4O3S. The Morgan fingerprint density at radius 2 is 1.69 bits per heavy atom. The zero-order valence-electron chi connectivity index (χ0n) is 18.4. The van der Waals surface area contributed by atoms with Crippen LogP contribution in [0.15, 0.2) is 71.9 Å². The second-order valence-corrected chi connectivity index (χ2v) is 8.11. The number of nitrogens with zero attached hydrogens (tertiary/aromatic N) is 3. The van der Waals surface area contributed by atoms with Crippen LogP contribution in [0.2, 0.25) is 0 Å². The first-order chi connectivity index (χ1) is 15.6. The minimum absolute atomic E-state index is 0.229. The first-order valence-electron chi connectivity index (χ1n) is 10.7. The van der Waals surface area contributed by atoms with Crippen molar-refractivity contribution >= 4 is 23.9 Å². The van der Waals surface area contributed by atoms with Crippen molar-refractivity contribution in [1.29, 1.82) is 0 Å². The molecule has 0 saturated heterocycles. The van der Waals surface area contributed by atoms with Gasteiger partial charge in [-0.25, -0.2) is 9.59 Å². The van der Waals surface area contributed by atoms with Gasteiger partial charge in [0.25, 0.3) is 0 Å². The van der Waals surface area contributed by atoms with Crippen LogP contribution in [-0.2, 0) is 17.8 Å². The highest BCUT2D eigenvalue weighted by atomic mass is 32.2. The summed E-state index contributed by atoms with van der Waals surface area (Å²) in [7, 11) is 0. The van der Waals surface area contributed by atoms with Crippen LogP contribution in [0.1, 0.15) is 41.8 Å². The number of carbonyl (C=O) groups is 2. The average Bonchev–Trinajstić information content (AvgIpc) is 3.20. The van der Waals surface area contributed by atoms with Crippen molar-refractivity contribution in [3.05, 3.63) is 83.6 Å². The van der Waals surface area contributed by atoms with Crippen LogP contribution in [0.25, 0.3) is 0 Å². The standard InChI is InChI=1S/C24H28N4O3S/c1-3-15-25-24(30)28(17-20-13-9-6-10-14-20)32-22-21(23(29)31-4-2)18-27(26-22)16-19-11-7-5-8-12-19/h5-14,18H,3-4,15-17H2,1-2H3,(H,25,30). The van der Waals surface area contributed by atoms with Crippen LogP contribution >= 0.6 is 11.9 Å². The largest absolute Gasteiger partial charge is 0.462 e. The van der Waals surface area contributed by atoms with E-state index in [9.17, 15) is 9.59 Å². The number of ether oxygens (including phenoxy) is 1. The zero-order chi connectivity index (χ0) is 22.8. The van der Waals surface area contributed by atoms with E-state index in [0.717, 1.165) is 29.5 Å². The van der Waals surface area contributed by atoms with E-state index in [-0.39, 0.29) is 12.6 Å². The minimum atomic E-state index is -0.456. The van der Waals surface area contributed by atoms with Gasteiger partial charge in [0.2, 0.25) is 0 Å². The minimum Gasteiger partial charge on any atom is -0.462 e. The number of hydrogen-bond acceptors (Lipinski definition) is 5. The summed E-state index contributed by atoms with van der Waals surface area (Å²) in [6, 6.07) is 19.4. The summed E-state index contributed by atoms with van der Waals surface area (Å²) < 4.78 is 8.52. The molecule has 2 aromatic carbocycles. The Hall–Kier alpha value is -3.26. The molecule has 0 bridgehead atoms. The van der Waals surface area contributed by atoms with Crippen LogP contribution in [0, 0.1) is 0 Å². The van der Waals surface area contributed by atoms with Gasteiger partial charge < -0.3 is 10.1 Å². The van der Waals surface area contributed by atoms with Crippen molar-refractivity contribution in [2.45, 2.75) is 38.4 Å². The molecule has 7 nitrogen and oxygen atoms in total. The van der Waals surface area contributed by atoms with Gasteiger partial charge >= 0.3 is 12.0 Å². The van der Waals surface area contributed by atoms with Crippen molar-refractivity contribution in [1.82, 2.24) is 19.4 Å². The number of esters is 1. The van der Waals surface area contributed by atoms with Gasteiger partial charge in [-0.2, -0.15) is 5.10 Å². The fourth-order valence-electron chi connectivity index (χ4n) is 2.99. The van der Waals surface area contributed by atoms with E-state index in [1.54, 1.807) is 22.1 Å². The van der Waals surface area contributed by atoms with Crippen molar-refractivity contribution < 1.29 is 14.3 Å². The molecule has 1 heterocycles. The molecule has 32 heavy (non-hydrogen) atoms. The second kappa shape index (κ2) is 12.0. The van der Waals surface area contributed by atoms with E-state index < -0.39 is 5.97 Å². The molecule has 0 fully saturated rings. The number of aromatic nitrogens is 2. The highest BCUT2D eigenvalue weighted by Gasteiger charge is 2.24. The second-order valence-electron chi connectivity index (χ2n) is 7.10. The van der Waals surface area contributed by atoms with Crippen LogP contribution in [0.5, 0.6) is 0 Å². The predicted octanol–water partition coefficient (Wildman–Crippen LogP) is 4.74. The van der Waals surface area contributed by atoms with Crippen molar-refractivity contribution in [3.63, 3.8) is 0 Å². The summed E-state index contributed by atoms with van der Waals surface area (Å²) in [5.41, 5.74) is 2.38. The van der Waals surface area contributed by atoms with Crippen LogP contribution in [0.3, 0.4) is 0 Å². The smallest absolute Gasteiger partial charge is 0.342 e. The number of carbonyl (C=O) groups excluding carboxylic acids is 2. The lowest BCUT2D eigenvalue weighted by molar-refractivity contribution is 0.0522. The SMILES string of the molecule is CCCNC(=O)N(Cc1ccccc1)Sc1nn(Cc2ccccc2)cc1C(=O)OCC. The van der Waals surface area contributed by atoms with Gasteiger partial charge in [0.15, 0.2) is 5.03 Å². The molecule has 0 saturated carbocycles. The monoisotopic (exact) mass is 452 g/mol. The quantitative estimate of drug-likeness (QED) is 0.355. The van der Waals surface area contributed by atoms with E-state index in [2.05, 4.69) is 10.4 Å². The molecule has 3 rings (SSSR count). The molecule has 0 radical (unpaired) electrons.